The molecule has 0 heterocycles. The van der Waals surface area contributed by atoms with Crippen molar-refractivity contribution >= 4 is 23.7 Å². The SMILES string of the molecule is CC(C)CC(NC(=O)C(Cc1ccc(O)cc1)NC(=O)C(N)CO)C(=O)NC(CCCCN)C(=O)O. The molecule has 0 aliphatic carbocycles. The maximum Gasteiger partial charge on any atom is 0.326 e. The molecule has 0 aliphatic rings. The number of carbonyl (C=O) groups is 4. The number of phenols is 1. The van der Waals surface area contributed by atoms with E-state index in [1.807, 2.05) is 13.8 Å². The summed E-state index contributed by atoms with van der Waals surface area (Å²) in [4.78, 5) is 50.1. The molecule has 4 unspecified atom stereocenters. The normalized spacial score (nSPS) is 14.4. The highest BCUT2D eigenvalue weighted by Crippen LogP contribution is 2.13. The Balaban J connectivity index is 3.07. The first-order valence-electron chi connectivity index (χ1n) is 12.0. The predicted octanol–water partition coefficient (Wildman–Crippen LogP) is -1.03. The van der Waals surface area contributed by atoms with E-state index in [0.717, 1.165) is 0 Å². The quantitative estimate of drug-likeness (QED) is 0.128. The van der Waals surface area contributed by atoms with Gasteiger partial charge in [-0.15, -0.1) is 0 Å². The summed E-state index contributed by atoms with van der Waals surface area (Å²) in [5, 5.41) is 35.8. The molecule has 10 N–H and O–H groups in total. The van der Waals surface area contributed by atoms with Crippen molar-refractivity contribution in [2.24, 2.45) is 17.4 Å². The summed E-state index contributed by atoms with van der Waals surface area (Å²) in [5.41, 5.74) is 11.6. The summed E-state index contributed by atoms with van der Waals surface area (Å²) in [5.74, 6) is -3.28. The fourth-order valence-corrected chi connectivity index (χ4v) is 3.44. The fraction of sp³-hybridized carbons (Fsp3) is 0.583. The first-order chi connectivity index (χ1) is 17.0. The molecule has 1 rings (SSSR count). The molecule has 0 aromatic heterocycles. The van der Waals surface area contributed by atoms with E-state index >= 15 is 0 Å². The summed E-state index contributed by atoms with van der Waals surface area (Å²) in [6.07, 6.45) is 1.56. The van der Waals surface area contributed by atoms with Crippen LogP contribution in [0, 0.1) is 5.92 Å². The van der Waals surface area contributed by atoms with Crippen molar-refractivity contribution in [1.29, 1.82) is 0 Å². The van der Waals surface area contributed by atoms with Crippen LogP contribution in [0.25, 0.3) is 0 Å². The van der Waals surface area contributed by atoms with E-state index in [0.29, 0.717) is 24.9 Å². The van der Waals surface area contributed by atoms with E-state index in [2.05, 4.69) is 16.0 Å². The van der Waals surface area contributed by atoms with E-state index in [1.54, 1.807) is 12.1 Å². The summed E-state index contributed by atoms with van der Waals surface area (Å²) >= 11 is 0. The Bertz CT molecular complexity index is 863. The zero-order valence-corrected chi connectivity index (χ0v) is 20.8. The van der Waals surface area contributed by atoms with E-state index in [4.69, 9.17) is 11.5 Å². The second-order valence-electron chi connectivity index (χ2n) is 9.10. The van der Waals surface area contributed by atoms with E-state index in [9.17, 15) is 34.5 Å². The maximum atomic E-state index is 13.2. The van der Waals surface area contributed by atoms with E-state index < -0.39 is 54.5 Å². The highest BCUT2D eigenvalue weighted by atomic mass is 16.4. The minimum atomic E-state index is -1.25. The zero-order chi connectivity index (χ0) is 27.3. The monoisotopic (exact) mass is 509 g/mol. The number of phenolic OH excluding ortho intramolecular Hbond substituents is 1. The van der Waals surface area contributed by atoms with Crippen molar-refractivity contribution in [3.8, 4) is 5.75 Å². The Morgan fingerprint density at radius 1 is 0.889 bits per heavy atom. The molecule has 36 heavy (non-hydrogen) atoms. The number of hydrogen-bond acceptors (Lipinski definition) is 8. The molecule has 0 saturated carbocycles. The Labute approximate surface area is 210 Å². The molecule has 3 amide bonds. The van der Waals surface area contributed by atoms with Gasteiger partial charge in [-0.2, -0.15) is 0 Å². The lowest BCUT2D eigenvalue weighted by atomic mass is 10.00. The number of nitrogens with two attached hydrogens (primary N) is 2. The van der Waals surface area contributed by atoms with Crippen LogP contribution in [0.15, 0.2) is 24.3 Å². The fourth-order valence-electron chi connectivity index (χ4n) is 3.44. The summed E-state index contributed by atoms with van der Waals surface area (Å²) in [6, 6.07) is 1.41. The smallest absolute Gasteiger partial charge is 0.326 e. The number of carboxylic acid groups (broad SMARTS) is 1. The maximum absolute atomic E-state index is 13.2. The van der Waals surface area contributed by atoms with Gasteiger partial charge in [-0.3, -0.25) is 14.4 Å². The van der Waals surface area contributed by atoms with Gasteiger partial charge in [0.15, 0.2) is 0 Å². The molecule has 12 heteroatoms. The number of aromatic hydroxyl groups is 1. The molecule has 1 aromatic carbocycles. The number of carboxylic acids is 1. The second kappa shape index (κ2) is 15.7. The Morgan fingerprint density at radius 3 is 1.97 bits per heavy atom. The molecule has 0 spiro atoms. The van der Waals surface area contributed by atoms with Gasteiger partial charge in [0.2, 0.25) is 17.7 Å². The molecule has 0 bridgehead atoms. The molecule has 0 aliphatic heterocycles. The summed E-state index contributed by atoms with van der Waals surface area (Å²) in [7, 11) is 0. The van der Waals surface area contributed by atoms with Gasteiger partial charge in [-0.1, -0.05) is 26.0 Å². The number of nitrogens with one attached hydrogen (secondary N) is 3. The number of aliphatic carboxylic acids is 1. The van der Waals surface area contributed by atoms with Crippen LogP contribution in [-0.2, 0) is 25.6 Å². The lowest BCUT2D eigenvalue weighted by Gasteiger charge is -2.26. The number of carbonyl (C=O) groups excluding carboxylic acids is 3. The topological polar surface area (TPSA) is 217 Å². The van der Waals surface area contributed by atoms with Gasteiger partial charge in [0.25, 0.3) is 0 Å². The molecule has 0 fully saturated rings. The highest BCUT2D eigenvalue weighted by Gasteiger charge is 2.30. The third-order valence-electron chi connectivity index (χ3n) is 5.44. The number of rotatable bonds is 16. The lowest BCUT2D eigenvalue weighted by Crippen LogP contribution is -2.58. The van der Waals surface area contributed by atoms with Gasteiger partial charge in [0.05, 0.1) is 6.61 Å². The van der Waals surface area contributed by atoms with Crippen LogP contribution in [-0.4, -0.2) is 76.3 Å². The molecule has 202 valence electrons. The van der Waals surface area contributed by atoms with Gasteiger partial charge in [0, 0.05) is 6.42 Å². The van der Waals surface area contributed by atoms with Crippen molar-refractivity contribution in [3.63, 3.8) is 0 Å². The van der Waals surface area contributed by atoms with Crippen LogP contribution < -0.4 is 27.4 Å². The standard InChI is InChI=1S/C24H39N5O7/c1-14(2)11-19(22(33)27-18(24(35)36)5-3-4-10-25)29-23(34)20(28-21(32)17(26)13-30)12-15-6-8-16(31)9-7-15/h6-9,14,17-20,30-31H,3-5,10-13,25-26H2,1-2H3,(H,27,33)(H,28,32)(H,29,34)(H,35,36). The average Bonchev–Trinajstić information content (AvgIpc) is 2.82. The van der Waals surface area contributed by atoms with Crippen molar-refractivity contribution in [2.45, 2.75) is 70.1 Å². The van der Waals surface area contributed by atoms with Gasteiger partial charge in [-0.05, 0) is 55.8 Å². The third-order valence-corrected chi connectivity index (χ3v) is 5.44. The Hall–Kier alpha value is -3.22. The van der Waals surface area contributed by atoms with Gasteiger partial charge >= 0.3 is 5.97 Å². The molecule has 4 atom stereocenters. The largest absolute Gasteiger partial charge is 0.508 e. The Morgan fingerprint density at radius 2 is 1.44 bits per heavy atom. The van der Waals surface area contributed by atoms with Crippen molar-refractivity contribution in [2.75, 3.05) is 13.2 Å². The zero-order valence-electron chi connectivity index (χ0n) is 20.8. The van der Waals surface area contributed by atoms with Crippen LogP contribution in [0.5, 0.6) is 5.75 Å². The highest BCUT2D eigenvalue weighted by molar-refractivity contribution is 5.94. The first kappa shape index (κ1) is 30.8. The van der Waals surface area contributed by atoms with Crippen LogP contribution in [0.2, 0.25) is 0 Å². The lowest BCUT2D eigenvalue weighted by molar-refractivity contribution is -0.142. The van der Waals surface area contributed by atoms with Crippen LogP contribution in [0.1, 0.15) is 45.1 Å². The van der Waals surface area contributed by atoms with Crippen LogP contribution >= 0.6 is 0 Å². The first-order valence-corrected chi connectivity index (χ1v) is 12.0. The Kier molecular flexibility index (Phi) is 13.4. The van der Waals surface area contributed by atoms with E-state index in [-0.39, 0.29) is 30.9 Å². The molecule has 12 nitrogen and oxygen atoms in total. The number of aliphatic hydroxyl groups excluding tert-OH is 1. The van der Waals surface area contributed by atoms with Crippen LogP contribution in [0.4, 0.5) is 0 Å². The summed E-state index contributed by atoms with van der Waals surface area (Å²) in [6.45, 7) is 3.47. The third kappa shape index (κ3) is 11.0. The van der Waals surface area contributed by atoms with Crippen molar-refractivity contribution < 1.29 is 34.5 Å². The van der Waals surface area contributed by atoms with Crippen molar-refractivity contribution in [3.05, 3.63) is 29.8 Å². The molecular weight excluding hydrogens is 470 g/mol. The predicted molar refractivity (Wildman–Crippen MR) is 133 cm³/mol. The summed E-state index contributed by atoms with van der Waals surface area (Å²) < 4.78 is 0. The molecule has 0 radical (unpaired) electrons. The number of unbranched alkanes of at least 4 members (excludes halogenated alkanes) is 1. The number of aliphatic hydroxyl groups is 1. The molecule has 0 saturated heterocycles. The number of benzene rings is 1. The molecule has 1 aromatic rings. The van der Waals surface area contributed by atoms with Crippen molar-refractivity contribution in [1.82, 2.24) is 16.0 Å². The minimum Gasteiger partial charge on any atom is -0.508 e. The van der Waals surface area contributed by atoms with Crippen LogP contribution in [0.3, 0.4) is 0 Å². The van der Waals surface area contributed by atoms with E-state index in [1.165, 1.54) is 12.1 Å². The number of hydrogen-bond donors (Lipinski definition) is 8. The van der Waals surface area contributed by atoms with Gasteiger partial charge in [-0.25, -0.2) is 4.79 Å². The van der Waals surface area contributed by atoms with Gasteiger partial charge in [0.1, 0.15) is 29.9 Å². The van der Waals surface area contributed by atoms with Gasteiger partial charge < -0.3 is 42.7 Å². The average molecular weight is 510 g/mol. The molecular formula is C24H39N5O7. The minimum absolute atomic E-state index is 0.0167. The second-order valence-corrected chi connectivity index (χ2v) is 9.10. The number of amides is 3.